The SMILES string of the molecule is Cc1cc2c(cn1)-c1ccnc(-c3cc(C(C)(C)C)c4ccccc4c3)c1CC2. The zero-order valence-corrected chi connectivity index (χ0v) is 17.6. The molecule has 2 aromatic carbocycles. The second-order valence-corrected chi connectivity index (χ2v) is 9.16. The Morgan fingerprint density at radius 3 is 2.52 bits per heavy atom. The summed E-state index contributed by atoms with van der Waals surface area (Å²) < 4.78 is 0. The third-order valence-electron chi connectivity index (χ3n) is 6.06. The third kappa shape index (κ3) is 3.04. The van der Waals surface area contributed by atoms with Gasteiger partial charge in [-0.05, 0) is 82.5 Å². The largest absolute Gasteiger partial charge is 0.261 e. The van der Waals surface area contributed by atoms with E-state index in [0.29, 0.717) is 0 Å². The second kappa shape index (κ2) is 6.52. The number of hydrogen-bond donors (Lipinski definition) is 0. The van der Waals surface area contributed by atoms with Crippen molar-refractivity contribution in [1.82, 2.24) is 9.97 Å². The highest BCUT2D eigenvalue weighted by atomic mass is 14.7. The fourth-order valence-electron chi connectivity index (χ4n) is 4.64. The van der Waals surface area contributed by atoms with E-state index < -0.39 is 0 Å². The van der Waals surface area contributed by atoms with Gasteiger partial charge in [-0.1, -0.05) is 45.0 Å². The normalized spacial score (nSPS) is 13.2. The maximum absolute atomic E-state index is 4.86. The molecule has 0 bridgehead atoms. The molecule has 0 aliphatic heterocycles. The van der Waals surface area contributed by atoms with Crippen LogP contribution in [0.1, 0.15) is 43.2 Å². The maximum Gasteiger partial charge on any atom is 0.0740 e. The van der Waals surface area contributed by atoms with Gasteiger partial charge in [-0.2, -0.15) is 0 Å². The number of rotatable bonds is 1. The topological polar surface area (TPSA) is 25.8 Å². The Morgan fingerprint density at radius 1 is 0.862 bits per heavy atom. The lowest BCUT2D eigenvalue weighted by Crippen LogP contribution is -2.12. The molecule has 144 valence electrons. The Labute approximate surface area is 172 Å². The van der Waals surface area contributed by atoms with Gasteiger partial charge >= 0.3 is 0 Å². The quantitative estimate of drug-likeness (QED) is 0.370. The summed E-state index contributed by atoms with van der Waals surface area (Å²) in [6.07, 6.45) is 6.05. The molecule has 1 aliphatic carbocycles. The molecule has 2 heteroatoms. The Morgan fingerprint density at radius 2 is 1.69 bits per heavy atom. The summed E-state index contributed by atoms with van der Waals surface area (Å²) in [5.41, 5.74) is 10.2. The van der Waals surface area contributed by atoms with Crippen molar-refractivity contribution in [3.63, 3.8) is 0 Å². The number of pyridine rings is 2. The molecule has 0 radical (unpaired) electrons. The van der Waals surface area contributed by atoms with Crippen LogP contribution in [0.5, 0.6) is 0 Å². The summed E-state index contributed by atoms with van der Waals surface area (Å²) in [6, 6.07) is 17.7. The molecule has 5 rings (SSSR count). The average molecular weight is 379 g/mol. The van der Waals surface area contributed by atoms with E-state index in [-0.39, 0.29) is 5.41 Å². The van der Waals surface area contributed by atoms with Gasteiger partial charge in [0.05, 0.1) is 5.69 Å². The van der Waals surface area contributed by atoms with Crippen molar-refractivity contribution in [2.45, 2.75) is 46.0 Å². The lowest BCUT2D eigenvalue weighted by atomic mass is 9.80. The molecule has 0 amide bonds. The first-order valence-corrected chi connectivity index (χ1v) is 10.4. The first kappa shape index (κ1) is 18.1. The number of fused-ring (bicyclic) bond motifs is 4. The standard InChI is InChI=1S/C27H26N2/c1-17-13-19-9-10-23-22(24(19)16-29-17)11-12-28-26(23)20-14-18-7-5-6-8-21(18)25(15-20)27(2,3)4/h5-8,11-16H,9-10H2,1-4H3. The van der Waals surface area contributed by atoms with Gasteiger partial charge in [0.25, 0.3) is 0 Å². The molecule has 2 aromatic heterocycles. The molecule has 0 unspecified atom stereocenters. The van der Waals surface area contributed by atoms with Crippen LogP contribution in [-0.2, 0) is 18.3 Å². The second-order valence-electron chi connectivity index (χ2n) is 9.16. The van der Waals surface area contributed by atoms with Crippen LogP contribution in [0.3, 0.4) is 0 Å². The Kier molecular flexibility index (Phi) is 4.06. The van der Waals surface area contributed by atoms with Crippen LogP contribution in [0.4, 0.5) is 0 Å². The van der Waals surface area contributed by atoms with Gasteiger partial charge in [-0.15, -0.1) is 0 Å². The van der Waals surface area contributed by atoms with Gasteiger partial charge < -0.3 is 0 Å². The Bertz CT molecular complexity index is 1250. The number of hydrogen-bond acceptors (Lipinski definition) is 2. The van der Waals surface area contributed by atoms with Crippen molar-refractivity contribution in [2.24, 2.45) is 0 Å². The molecular weight excluding hydrogens is 352 g/mol. The monoisotopic (exact) mass is 378 g/mol. The molecule has 0 saturated heterocycles. The molecule has 0 N–H and O–H groups in total. The van der Waals surface area contributed by atoms with Gasteiger partial charge in [-0.3, -0.25) is 9.97 Å². The summed E-state index contributed by atoms with van der Waals surface area (Å²) in [7, 11) is 0. The van der Waals surface area contributed by atoms with E-state index in [1.165, 1.54) is 44.2 Å². The van der Waals surface area contributed by atoms with Crippen LogP contribution in [0.2, 0.25) is 0 Å². The molecule has 2 heterocycles. The van der Waals surface area contributed by atoms with Gasteiger partial charge in [0, 0.05) is 29.2 Å². The van der Waals surface area contributed by atoms with E-state index in [4.69, 9.17) is 4.98 Å². The molecule has 1 aliphatic rings. The summed E-state index contributed by atoms with van der Waals surface area (Å²) in [5, 5.41) is 2.61. The van der Waals surface area contributed by atoms with Gasteiger partial charge in [0.2, 0.25) is 0 Å². The van der Waals surface area contributed by atoms with E-state index >= 15 is 0 Å². The van der Waals surface area contributed by atoms with Crippen molar-refractivity contribution in [2.75, 3.05) is 0 Å². The summed E-state index contributed by atoms with van der Waals surface area (Å²) >= 11 is 0. The van der Waals surface area contributed by atoms with Crippen molar-refractivity contribution < 1.29 is 0 Å². The van der Waals surface area contributed by atoms with Crippen molar-refractivity contribution in [3.8, 4) is 22.4 Å². The van der Waals surface area contributed by atoms with Crippen LogP contribution >= 0.6 is 0 Å². The lowest BCUT2D eigenvalue weighted by molar-refractivity contribution is 0.596. The summed E-state index contributed by atoms with van der Waals surface area (Å²) in [5.74, 6) is 0. The molecular formula is C27H26N2. The highest BCUT2D eigenvalue weighted by Crippen LogP contribution is 2.40. The minimum atomic E-state index is 0.0680. The van der Waals surface area contributed by atoms with Gasteiger partial charge in [0.1, 0.15) is 0 Å². The first-order chi connectivity index (χ1) is 13.9. The van der Waals surface area contributed by atoms with E-state index in [9.17, 15) is 0 Å². The van der Waals surface area contributed by atoms with Gasteiger partial charge in [-0.25, -0.2) is 0 Å². The van der Waals surface area contributed by atoms with Crippen molar-refractivity contribution in [1.29, 1.82) is 0 Å². The minimum absolute atomic E-state index is 0.0680. The van der Waals surface area contributed by atoms with E-state index in [1.807, 2.05) is 12.4 Å². The van der Waals surface area contributed by atoms with E-state index in [2.05, 4.69) is 81.2 Å². The summed E-state index contributed by atoms with van der Waals surface area (Å²) in [6.45, 7) is 8.93. The predicted molar refractivity (Wildman–Crippen MR) is 121 cm³/mol. The third-order valence-corrected chi connectivity index (χ3v) is 6.06. The molecule has 0 saturated carbocycles. The number of aromatic nitrogens is 2. The lowest BCUT2D eigenvalue weighted by Gasteiger charge is -2.25. The zero-order chi connectivity index (χ0) is 20.2. The molecule has 29 heavy (non-hydrogen) atoms. The first-order valence-electron chi connectivity index (χ1n) is 10.4. The number of nitrogens with zero attached hydrogens (tertiary/aromatic N) is 2. The number of aryl methyl sites for hydroxylation is 2. The molecule has 0 spiro atoms. The van der Waals surface area contributed by atoms with Crippen LogP contribution in [0, 0.1) is 6.92 Å². The minimum Gasteiger partial charge on any atom is -0.261 e. The Balaban J connectivity index is 1.75. The molecule has 0 atom stereocenters. The van der Waals surface area contributed by atoms with Crippen LogP contribution in [0.25, 0.3) is 33.2 Å². The predicted octanol–water partition coefficient (Wildman–Crippen LogP) is 6.67. The van der Waals surface area contributed by atoms with Crippen LogP contribution < -0.4 is 0 Å². The molecule has 0 fully saturated rings. The fourth-order valence-corrected chi connectivity index (χ4v) is 4.64. The molecule has 4 aromatic rings. The smallest absolute Gasteiger partial charge is 0.0740 e. The average Bonchev–Trinajstić information content (AvgIpc) is 2.71. The summed E-state index contributed by atoms with van der Waals surface area (Å²) in [4.78, 5) is 9.42. The molecule has 2 nitrogen and oxygen atoms in total. The highest BCUT2D eigenvalue weighted by molar-refractivity contribution is 5.92. The van der Waals surface area contributed by atoms with E-state index in [0.717, 1.165) is 24.2 Å². The fraction of sp³-hybridized carbons (Fsp3) is 0.259. The Hall–Kier alpha value is -3.00. The zero-order valence-electron chi connectivity index (χ0n) is 17.6. The van der Waals surface area contributed by atoms with Gasteiger partial charge in [0.15, 0.2) is 0 Å². The van der Waals surface area contributed by atoms with E-state index in [1.54, 1.807) is 0 Å². The maximum atomic E-state index is 4.86. The van der Waals surface area contributed by atoms with Crippen LogP contribution in [-0.4, -0.2) is 9.97 Å². The van der Waals surface area contributed by atoms with Crippen LogP contribution in [0.15, 0.2) is 60.9 Å². The van der Waals surface area contributed by atoms with Crippen molar-refractivity contribution in [3.05, 3.63) is 83.3 Å². The highest BCUT2D eigenvalue weighted by Gasteiger charge is 2.23. The number of benzene rings is 2. The van der Waals surface area contributed by atoms with Crippen molar-refractivity contribution >= 4 is 10.8 Å².